The van der Waals surface area contributed by atoms with Crippen LogP contribution in [-0.4, -0.2) is 21.9 Å². The van der Waals surface area contributed by atoms with Gasteiger partial charge in [0.05, 0.1) is 0 Å². The zero-order chi connectivity index (χ0) is 13.0. The van der Waals surface area contributed by atoms with Gasteiger partial charge in [0.2, 0.25) is 11.2 Å². The minimum absolute atomic E-state index is 0.0130. The lowest BCUT2D eigenvalue weighted by Crippen LogP contribution is -2.31. The summed E-state index contributed by atoms with van der Waals surface area (Å²) in [4.78, 5) is 19.1. The van der Waals surface area contributed by atoms with E-state index in [2.05, 4.69) is 15.3 Å². The molecule has 1 unspecified atom stereocenters. The fraction of sp³-hybridized carbons (Fsp3) is 0.500. The van der Waals surface area contributed by atoms with E-state index in [1.165, 1.54) is 6.07 Å². The Kier molecular flexibility index (Phi) is 5.11. The van der Waals surface area contributed by atoms with E-state index in [0.717, 1.165) is 0 Å². The van der Waals surface area contributed by atoms with Gasteiger partial charge in [0, 0.05) is 18.5 Å². The van der Waals surface area contributed by atoms with Gasteiger partial charge in [-0.05, 0) is 17.5 Å². The summed E-state index contributed by atoms with van der Waals surface area (Å²) in [6, 6.07) is 1.23. The first kappa shape index (κ1) is 14.2. The highest BCUT2D eigenvalue weighted by Gasteiger charge is 2.13. The smallest absolute Gasteiger partial charge is 0.227 e. The molecule has 0 aliphatic heterocycles. The van der Waals surface area contributed by atoms with Gasteiger partial charge in [-0.3, -0.25) is 4.79 Å². The maximum Gasteiger partial charge on any atom is 0.227 e. The van der Waals surface area contributed by atoms with Crippen molar-refractivity contribution in [1.82, 2.24) is 9.97 Å². The van der Waals surface area contributed by atoms with Gasteiger partial charge in [-0.1, -0.05) is 25.4 Å². The number of carbonyl (C=O) groups excluding carboxylic acids is 1. The number of carbonyl (C=O) groups is 1. The van der Waals surface area contributed by atoms with E-state index in [1.807, 2.05) is 13.8 Å². The van der Waals surface area contributed by atoms with Crippen molar-refractivity contribution in [2.75, 3.05) is 5.32 Å². The second-order valence-corrected chi connectivity index (χ2v) is 4.73. The fourth-order valence-electron chi connectivity index (χ4n) is 1.10. The topological polar surface area (TPSA) is 80.9 Å². The van der Waals surface area contributed by atoms with Crippen molar-refractivity contribution >= 4 is 34.9 Å². The molecule has 7 heteroatoms. The monoisotopic (exact) mass is 276 g/mol. The highest BCUT2D eigenvalue weighted by atomic mass is 35.5. The summed E-state index contributed by atoms with van der Waals surface area (Å²) in [5.74, 6) is 0.284. The summed E-state index contributed by atoms with van der Waals surface area (Å²) in [5.41, 5.74) is 5.79. The number of rotatable bonds is 4. The number of hydrogen-bond donors (Lipinski definition) is 2. The zero-order valence-electron chi connectivity index (χ0n) is 9.58. The Morgan fingerprint density at radius 2 is 2.12 bits per heavy atom. The molecule has 0 saturated heterocycles. The molecule has 1 rings (SSSR count). The van der Waals surface area contributed by atoms with Crippen LogP contribution in [0.3, 0.4) is 0 Å². The number of aromatic nitrogens is 2. The molecule has 17 heavy (non-hydrogen) atoms. The second-order valence-electron chi connectivity index (χ2n) is 4.01. The van der Waals surface area contributed by atoms with Gasteiger partial charge in [0.15, 0.2) is 0 Å². The van der Waals surface area contributed by atoms with E-state index in [0.29, 0.717) is 0 Å². The van der Waals surface area contributed by atoms with Gasteiger partial charge in [0.1, 0.15) is 11.0 Å². The lowest BCUT2D eigenvalue weighted by atomic mass is 10.0. The third-order valence-corrected chi connectivity index (χ3v) is 2.58. The molecule has 94 valence electrons. The van der Waals surface area contributed by atoms with Crippen molar-refractivity contribution in [1.29, 1.82) is 0 Å². The molecule has 0 aliphatic rings. The molecule has 0 fully saturated rings. The third kappa shape index (κ3) is 4.85. The van der Waals surface area contributed by atoms with Crippen LogP contribution in [0.2, 0.25) is 10.4 Å². The maximum absolute atomic E-state index is 11.6. The highest BCUT2D eigenvalue weighted by molar-refractivity contribution is 6.32. The molecule has 0 aromatic carbocycles. The lowest BCUT2D eigenvalue weighted by molar-refractivity contribution is -0.116. The van der Waals surface area contributed by atoms with Crippen LogP contribution in [0.4, 0.5) is 5.82 Å². The Balaban J connectivity index is 2.62. The molecule has 0 bridgehead atoms. The van der Waals surface area contributed by atoms with E-state index in [9.17, 15) is 4.79 Å². The number of nitrogens with zero attached hydrogens (tertiary/aromatic N) is 2. The summed E-state index contributed by atoms with van der Waals surface area (Å²) in [7, 11) is 0. The van der Waals surface area contributed by atoms with Crippen LogP contribution in [0.25, 0.3) is 0 Å². The Labute approximate surface area is 110 Å². The molecule has 0 saturated carbocycles. The predicted molar refractivity (Wildman–Crippen MR) is 68.1 cm³/mol. The van der Waals surface area contributed by atoms with Gasteiger partial charge in [-0.2, -0.15) is 0 Å². The van der Waals surface area contributed by atoms with Crippen LogP contribution in [0.15, 0.2) is 6.07 Å². The van der Waals surface area contributed by atoms with Crippen molar-refractivity contribution in [3.05, 3.63) is 16.5 Å². The molecule has 1 heterocycles. The van der Waals surface area contributed by atoms with E-state index >= 15 is 0 Å². The van der Waals surface area contributed by atoms with Crippen LogP contribution < -0.4 is 11.1 Å². The van der Waals surface area contributed by atoms with Crippen LogP contribution in [0, 0.1) is 5.92 Å². The van der Waals surface area contributed by atoms with Crippen LogP contribution in [0.5, 0.6) is 0 Å². The molecule has 1 aromatic heterocycles. The highest BCUT2D eigenvalue weighted by Crippen LogP contribution is 2.15. The molecule has 5 nitrogen and oxygen atoms in total. The van der Waals surface area contributed by atoms with Gasteiger partial charge < -0.3 is 11.1 Å². The number of nitrogens with two attached hydrogens (primary N) is 1. The Hall–Kier alpha value is -0.910. The Morgan fingerprint density at radius 3 is 2.65 bits per heavy atom. The molecule has 1 aromatic rings. The van der Waals surface area contributed by atoms with Crippen molar-refractivity contribution in [3.8, 4) is 0 Å². The second kappa shape index (κ2) is 6.14. The van der Waals surface area contributed by atoms with E-state index in [-0.39, 0.29) is 40.5 Å². The van der Waals surface area contributed by atoms with Gasteiger partial charge in [-0.25, -0.2) is 9.97 Å². The summed E-state index contributed by atoms with van der Waals surface area (Å²) in [6.07, 6.45) is 0.219. The SMILES string of the molecule is CC(C)C(N)CC(=O)Nc1cc(Cl)nc(Cl)n1. The van der Waals surface area contributed by atoms with E-state index in [1.54, 1.807) is 0 Å². The average Bonchev–Trinajstić information content (AvgIpc) is 2.14. The fourth-order valence-corrected chi connectivity index (χ4v) is 1.51. The summed E-state index contributed by atoms with van der Waals surface area (Å²) in [5, 5.41) is 2.73. The van der Waals surface area contributed by atoms with Crippen molar-refractivity contribution in [2.45, 2.75) is 26.3 Å². The summed E-state index contributed by atoms with van der Waals surface area (Å²) >= 11 is 11.3. The molecular formula is C10H14Cl2N4O. The maximum atomic E-state index is 11.6. The average molecular weight is 277 g/mol. The number of halogens is 2. The molecule has 3 N–H and O–H groups in total. The molecule has 0 aliphatic carbocycles. The minimum Gasteiger partial charge on any atom is -0.327 e. The number of hydrogen-bond acceptors (Lipinski definition) is 4. The van der Waals surface area contributed by atoms with Gasteiger partial charge in [0.25, 0.3) is 0 Å². The van der Waals surface area contributed by atoms with Crippen molar-refractivity contribution < 1.29 is 4.79 Å². The molecule has 0 radical (unpaired) electrons. The standard InChI is InChI=1S/C10H14Cl2N4O/c1-5(2)6(13)3-9(17)15-8-4-7(11)14-10(12)16-8/h4-6H,3,13H2,1-2H3,(H,14,15,16,17). The summed E-state index contributed by atoms with van der Waals surface area (Å²) in [6.45, 7) is 3.91. The molecule has 1 amide bonds. The first-order valence-electron chi connectivity index (χ1n) is 5.14. The zero-order valence-corrected chi connectivity index (χ0v) is 11.1. The first-order valence-corrected chi connectivity index (χ1v) is 5.89. The normalized spacial score (nSPS) is 12.6. The third-order valence-electron chi connectivity index (χ3n) is 2.21. The van der Waals surface area contributed by atoms with Crippen molar-refractivity contribution in [3.63, 3.8) is 0 Å². The molecule has 1 atom stereocenters. The number of anilines is 1. The van der Waals surface area contributed by atoms with Crippen LogP contribution in [0.1, 0.15) is 20.3 Å². The Bertz CT molecular complexity index is 391. The lowest BCUT2D eigenvalue weighted by Gasteiger charge is -2.14. The predicted octanol–water partition coefficient (Wildman–Crippen LogP) is 2.10. The summed E-state index contributed by atoms with van der Waals surface area (Å²) < 4.78 is 0. The first-order chi connectivity index (χ1) is 7.88. The van der Waals surface area contributed by atoms with Crippen molar-refractivity contribution in [2.24, 2.45) is 11.7 Å². The van der Waals surface area contributed by atoms with Crippen LogP contribution in [-0.2, 0) is 4.79 Å². The van der Waals surface area contributed by atoms with E-state index in [4.69, 9.17) is 28.9 Å². The molecule has 0 spiro atoms. The number of amides is 1. The number of nitrogens with one attached hydrogen (secondary N) is 1. The molecular weight excluding hydrogens is 263 g/mol. The van der Waals surface area contributed by atoms with Gasteiger partial charge in [-0.15, -0.1) is 0 Å². The quantitative estimate of drug-likeness (QED) is 0.652. The Morgan fingerprint density at radius 1 is 1.47 bits per heavy atom. The minimum atomic E-state index is -0.225. The van der Waals surface area contributed by atoms with E-state index < -0.39 is 0 Å². The largest absolute Gasteiger partial charge is 0.327 e. The van der Waals surface area contributed by atoms with Crippen LogP contribution >= 0.6 is 23.2 Å². The van der Waals surface area contributed by atoms with Gasteiger partial charge >= 0.3 is 0 Å².